The fourth-order valence-corrected chi connectivity index (χ4v) is 19.9. The van der Waals surface area contributed by atoms with Crippen molar-refractivity contribution < 1.29 is 22.1 Å². The molecule has 19 aromatic carbocycles. The zero-order chi connectivity index (χ0) is 79.0. The minimum atomic E-state index is -0.361. The van der Waals surface area contributed by atoms with Crippen molar-refractivity contribution >= 4 is 165 Å². The van der Waals surface area contributed by atoms with Crippen LogP contribution in [0.1, 0.15) is 25.0 Å². The second kappa shape index (κ2) is 26.2. The van der Waals surface area contributed by atoms with E-state index < -0.39 is 0 Å². The highest BCUT2D eigenvalue weighted by atomic mass is 16.3. The van der Waals surface area contributed by atoms with E-state index in [1.54, 1.807) is 0 Å². The Kier molecular flexibility index (Phi) is 14.7. The number of furan rings is 5. The predicted molar refractivity (Wildman–Crippen MR) is 497 cm³/mol. The molecule has 0 spiro atoms. The molecule has 0 fully saturated rings. The average molecular weight is 1540 g/mol. The Bertz CT molecular complexity index is 8400. The fraction of sp³-hybridized carbons (Fsp3) is 0.0265. The summed E-state index contributed by atoms with van der Waals surface area (Å²) in [6.07, 6.45) is 0. The van der Waals surface area contributed by atoms with E-state index in [0.717, 1.165) is 227 Å². The van der Waals surface area contributed by atoms with Crippen molar-refractivity contribution in [2.75, 3.05) is 9.80 Å². The van der Waals surface area contributed by atoms with E-state index in [4.69, 9.17) is 22.1 Å². The van der Waals surface area contributed by atoms with Crippen LogP contribution in [0.25, 0.3) is 209 Å². The van der Waals surface area contributed by atoms with E-state index in [2.05, 4.69) is 382 Å². The van der Waals surface area contributed by atoms with Crippen molar-refractivity contribution in [3.05, 3.63) is 399 Å². The van der Waals surface area contributed by atoms with Gasteiger partial charge in [0.15, 0.2) is 0 Å². The highest BCUT2D eigenvalue weighted by molar-refractivity contribution is 6.21. The number of nitrogens with zero attached hydrogens (tertiary/aromatic N) is 2. The van der Waals surface area contributed by atoms with Gasteiger partial charge in [-0.05, 0) is 199 Å². The normalized spacial score (nSPS) is 12.7. The second-order valence-corrected chi connectivity index (χ2v) is 32.4. The van der Waals surface area contributed by atoms with E-state index in [0.29, 0.717) is 0 Å². The predicted octanol–water partition coefficient (Wildman–Crippen LogP) is 32.7. The maximum Gasteiger partial charge on any atom is 0.143 e. The van der Waals surface area contributed by atoms with Crippen molar-refractivity contribution in [1.82, 2.24) is 0 Å². The third-order valence-electron chi connectivity index (χ3n) is 25.5. The summed E-state index contributed by atoms with van der Waals surface area (Å²) in [5.41, 5.74) is 32.6. The van der Waals surface area contributed by atoms with Gasteiger partial charge in [0.1, 0.15) is 55.8 Å². The van der Waals surface area contributed by atoms with Crippen molar-refractivity contribution in [2.24, 2.45) is 0 Å². The molecule has 25 rings (SSSR count). The lowest BCUT2D eigenvalue weighted by Gasteiger charge is -2.28. The summed E-state index contributed by atoms with van der Waals surface area (Å²) in [7, 11) is 0. The van der Waals surface area contributed by atoms with Crippen molar-refractivity contribution in [1.29, 1.82) is 0 Å². The molecule has 0 unspecified atom stereocenters. The van der Waals surface area contributed by atoms with E-state index in [1.807, 2.05) is 30.3 Å². The van der Waals surface area contributed by atoms with E-state index in [9.17, 15) is 0 Å². The lowest BCUT2D eigenvalue weighted by atomic mass is 9.78. The van der Waals surface area contributed by atoms with Crippen LogP contribution in [0.3, 0.4) is 0 Å². The van der Waals surface area contributed by atoms with E-state index >= 15 is 0 Å². The fourth-order valence-electron chi connectivity index (χ4n) is 19.9. The molecular weight excluding hydrogens is 1470 g/mol. The van der Waals surface area contributed by atoms with Crippen molar-refractivity contribution in [3.8, 4) is 77.9 Å². The van der Waals surface area contributed by atoms with Gasteiger partial charge in [0.2, 0.25) is 0 Å². The summed E-state index contributed by atoms with van der Waals surface area (Å²) in [6.45, 7) is 4.80. The molecule has 1 aliphatic carbocycles. The SMILES string of the molecule is CC1(C)c2cc(-c3ccc4ccc5c6cccc(-c7ccccc7N(c7ccc(-c8cccc9oc%10ccccc%10c89)cc7)c7cccc8oc9ccccc9c78)c6oc5c4c3)ccc2-c2cccc(-c3ccc(N(c4ccc(-c5ccc6c(c5)oc5ccccc56)cc4)c4ccccc4-c4cccc5c4oc4c6ccccc6ccc54)cc3)c21. The van der Waals surface area contributed by atoms with Gasteiger partial charge in [-0.15, -0.1) is 0 Å². The summed E-state index contributed by atoms with van der Waals surface area (Å²) >= 11 is 0. The molecule has 562 valence electrons. The summed E-state index contributed by atoms with van der Waals surface area (Å²) in [5, 5.41) is 15.2. The molecule has 0 aliphatic heterocycles. The Balaban J connectivity index is 0.566. The number of fused-ring (bicyclic) bond motifs is 22. The molecular formula is C113H70N2O5. The number of para-hydroxylation sites is 7. The van der Waals surface area contributed by atoms with Crippen LogP contribution in [0.4, 0.5) is 34.1 Å². The Morgan fingerprint density at radius 1 is 0.200 bits per heavy atom. The monoisotopic (exact) mass is 1530 g/mol. The van der Waals surface area contributed by atoms with Crippen LogP contribution in [0.2, 0.25) is 0 Å². The largest absolute Gasteiger partial charge is 0.456 e. The number of anilines is 6. The van der Waals surface area contributed by atoms with Crippen LogP contribution in [0.5, 0.6) is 0 Å². The zero-order valence-electron chi connectivity index (χ0n) is 65.4. The number of benzene rings is 19. The number of hydrogen-bond acceptors (Lipinski definition) is 7. The molecule has 0 amide bonds. The molecule has 120 heavy (non-hydrogen) atoms. The van der Waals surface area contributed by atoms with E-state index in [-0.39, 0.29) is 5.41 Å². The van der Waals surface area contributed by atoms with Gasteiger partial charge in [-0.3, -0.25) is 0 Å². The molecule has 0 N–H and O–H groups in total. The molecule has 5 aromatic heterocycles. The van der Waals surface area contributed by atoms with Gasteiger partial charge < -0.3 is 31.9 Å². The lowest BCUT2D eigenvalue weighted by molar-refractivity contribution is 0.662. The maximum absolute atomic E-state index is 7.44. The van der Waals surface area contributed by atoms with Crippen LogP contribution in [0.15, 0.2) is 410 Å². The third-order valence-corrected chi connectivity index (χ3v) is 25.5. The molecule has 24 aromatic rings. The zero-order valence-corrected chi connectivity index (χ0v) is 65.4. The molecule has 1 aliphatic rings. The van der Waals surface area contributed by atoms with Crippen LogP contribution in [-0.2, 0) is 5.41 Å². The molecule has 0 saturated heterocycles. The Morgan fingerprint density at radius 2 is 0.592 bits per heavy atom. The highest BCUT2D eigenvalue weighted by Crippen LogP contribution is 2.56. The minimum absolute atomic E-state index is 0.361. The first-order chi connectivity index (χ1) is 59.2. The quantitative estimate of drug-likeness (QED) is 0.121. The van der Waals surface area contributed by atoms with Crippen molar-refractivity contribution in [3.63, 3.8) is 0 Å². The Labute approximate surface area is 689 Å². The van der Waals surface area contributed by atoms with Gasteiger partial charge in [-0.2, -0.15) is 0 Å². The van der Waals surface area contributed by atoms with Crippen molar-refractivity contribution in [2.45, 2.75) is 19.3 Å². The van der Waals surface area contributed by atoms with Gasteiger partial charge >= 0.3 is 0 Å². The molecule has 7 heteroatoms. The van der Waals surface area contributed by atoms with Gasteiger partial charge in [-0.25, -0.2) is 0 Å². The summed E-state index contributed by atoms with van der Waals surface area (Å²) in [6, 6.07) is 140. The lowest BCUT2D eigenvalue weighted by Crippen LogP contribution is -2.16. The van der Waals surface area contributed by atoms with Gasteiger partial charge in [-0.1, -0.05) is 281 Å². The Hall–Kier alpha value is -15.7. The summed E-state index contributed by atoms with van der Waals surface area (Å²) in [5.74, 6) is 0. The molecule has 0 radical (unpaired) electrons. The molecule has 0 atom stereocenters. The van der Waals surface area contributed by atoms with Crippen LogP contribution >= 0.6 is 0 Å². The first kappa shape index (κ1) is 67.6. The van der Waals surface area contributed by atoms with Crippen LogP contribution in [-0.4, -0.2) is 0 Å². The first-order valence-corrected chi connectivity index (χ1v) is 41.1. The number of hydrogen-bond donors (Lipinski definition) is 0. The van der Waals surface area contributed by atoms with Crippen LogP contribution < -0.4 is 9.80 Å². The smallest absolute Gasteiger partial charge is 0.143 e. The standard InChI is InChI=1S/C113H70N2O5/c1-113(2)96-65-73(72-43-42-71-51-63-92-90-33-17-31-88(111(90)120-112(92)95(71)64-72)83-23-6-11-35-98(83)115(99-36-19-41-104-107(99)94-26-9-14-39-102(94)117-104)77-58-46-69(47-59-77)78-27-18-40-103-106(78)93-25-8-13-38-101(93)116-103)52-60-81(96)86-29-15-28-79(108(86)113)70-48-56-76(57-49-70)114(75-54-44-67(45-55-75)74-53-61-85-84-24-7-12-37-100(84)118-105(85)66-74)97-34-10-5-22-82(97)87-30-16-32-89-91-62-50-68-20-3-4-21-80(68)109(91)119-110(87)89/h3-66H,1-2H3. The number of rotatable bonds is 12. The Morgan fingerprint density at radius 3 is 1.27 bits per heavy atom. The minimum Gasteiger partial charge on any atom is -0.456 e. The first-order valence-electron chi connectivity index (χ1n) is 41.1. The maximum atomic E-state index is 7.44. The van der Waals surface area contributed by atoms with Gasteiger partial charge in [0.25, 0.3) is 0 Å². The molecule has 7 nitrogen and oxygen atoms in total. The van der Waals surface area contributed by atoms with Crippen LogP contribution in [0, 0.1) is 0 Å². The highest BCUT2D eigenvalue weighted by Gasteiger charge is 2.38. The van der Waals surface area contributed by atoms with Gasteiger partial charge in [0.05, 0.1) is 22.4 Å². The topological polar surface area (TPSA) is 72.2 Å². The van der Waals surface area contributed by atoms with E-state index in [1.165, 1.54) is 27.8 Å². The van der Waals surface area contributed by atoms with Gasteiger partial charge in [0, 0.05) is 104 Å². The third kappa shape index (κ3) is 10.3. The molecule has 5 heterocycles. The molecule has 0 bridgehead atoms. The summed E-state index contributed by atoms with van der Waals surface area (Å²) < 4.78 is 33.9. The molecule has 0 saturated carbocycles. The second-order valence-electron chi connectivity index (χ2n) is 32.4. The average Bonchev–Trinajstić information content (AvgIpc) is 1.56. The summed E-state index contributed by atoms with van der Waals surface area (Å²) in [4.78, 5) is 4.79.